The Morgan fingerprint density at radius 1 is 1.56 bits per heavy atom. The molecule has 0 saturated carbocycles. The van der Waals surface area contributed by atoms with Crippen molar-refractivity contribution in [1.29, 1.82) is 0 Å². The molecule has 1 rings (SSSR count). The first-order valence-corrected chi connectivity index (χ1v) is 5.23. The highest BCUT2D eigenvalue weighted by Gasteiger charge is 2.11. The van der Waals surface area contributed by atoms with Crippen molar-refractivity contribution in [2.45, 2.75) is 12.5 Å². The monoisotopic (exact) mass is 222 g/mol. The van der Waals surface area contributed by atoms with Crippen molar-refractivity contribution < 1.29 is 4.79 Å². The molecule has 1 atom stereocenters. The SMILES string of the molecule is CN(CCc1ccccn1)CC(N)C(N)=O. The molecule has 0 spiro atoms. The molecule has 1 heterocycles. The maximum Gasteiger partial charge on any atom is 0.235 e. The highest BCUT2D eigenvalue weighted by atomic mass is 16.1. The van der Waals surface area contributed by atoms with E-state index in [9.17, 15) is 4.79 Å². The molecule has 1 aromatic rings. The van der Waals surface area contributed by atoms with Gasteiger partial charge in [0.05, 0.1) is 6.04 Å². The lowest BCUT2D eigenvalue weighted by Crippen LogP contribution is -2.45. The average Bonchev–Trinajstić information content (AvgIpc) is 2.27. The van der Waals surface area contributed by atoms with Gasteiger partial charge in [0.2, 0.25) is 5.91 Å². The summed E-state index contributed by atoms with van der Waals surface area (Å²) in [5.41, 5.74) is 11.7. The third kappa shape index (κ3) is 4.37. The van der Waals surface area contributed by atoms with Gasteiger partial charge in [-0.15, -0.1) is 0 Å². The number of pyridine rings is 1. The van der Waals surface area contributed by atoms with E-state index in [4.69, 9.17) is 11.5 Å². The van der Waals surface area contributed by atoms with Crippen LogP contribution in [-0.2, 0) is 11.2 Å². The van der Waals surface area contributed by atoms with Crippen LogP contribution in [0.25, 0.3) is 0 Å². The Kier molecular flexibility index (Phi) is 4.88. The van der Waals surface area contributed by atoms with Gasteiger partial charge in [-0.05, 0) is 19.2 Å². The Bertz CT molecular complexity index is 328. The predicted octanol–water partition coefficient (Wildman–Crippen LogP) is -0.631. The molecule has 5 nitrogen and oxygen atoms in total. The second-order valence-corrected chi connectivity index (χ2v) is 3.84. The predicted molar refractivity (Wildman–Crippen MR) is 62.6 cm³/mol. The molecule has 0 aliphatic carbocycles. The fourth-order valence-electron chi connectivity index (χ4n) is 1.37. The first kappa shape index (κ1) is 12.6. The second kappa shape index (κ2) is 6.19. The molecule has 0 radical (unpaired) electrons. The van der Waals surface area contributed by atoms with Crippen molar-refractivity contribution in [1.82, 2.24) is 9.88 Å². The van der Waals surface area contributed by atoms with Crippen LogP contribution in [0.2, 0.25) is 0 Å². The van der Waals surface area contributed by atoms with Crippen LogP contribution in [0, 0.1) is 0 Å². The largest absolute Gasteiger partial charge is 0.368 e. The fraction of sp³-hybridized carbons (Fsp3) is 0.455. The Morgan fingerprint density at radius 2 is 2.31 bits per heavy atom. The summed E-state index contributed by atoms with van der Waals surface area (Å²) in [6, 6.07) is 5.21. The van der Waals surface area contributed by atoms with Gasteiger partial charge in [0.15, 0.2) is 0 Å². The number of nitrogens with two attached hydrogens (primary N) is 2. The molecule has 5 heteroatoms. The van der Waals surface area contributed by atoms with Crippen LogP contribution >= 0.6 is 0 Å². The third-order valence-electron chi connectivity index (χ3n) is 2.35. The van der Waals surface area contributed by atoms with Crippen LogP contribution in [0.5, 0.6) is 0 Å². The molecule has 0 fully saturated rings. The van der Waals surface area contributed by atoms with Gasteiger partial charge in [-0.1, -0.05) is 6.07 Å². The van der Waals surface area contributed by atoms with Crippen molar-refractivity contribution in [3.05, 3.63) is 30.1 Å². The van der Waals surface area contributed by atoms with E-state index in [1.807, 2.05) is 30.1 Å². The van der Waals surface area contributed by atoms with Crippen LogP contribution in [0.3, 0.4) is 0 Å². The van der Waals surface area contributed by atoms with E-state index in [0.717, 1.165) is 18.7 Å². The molecule has 0 bridgehead atoms. The number of primary amides is 1. The molecule has 4 N–H and O–H groups in total. The van der Waals surface area contributed by atoms with Crippen LogP contribution in [0.15, 0.2) is 24.4 Å². The standard InChI is InChI=1S/C11H18N4O/c1-15(8-10(12)11(13)16)7-5-9-4-2-3-6-14-9/h2-4,6,10H,5,7-8,12H2,1H3,(H2,13,16). The zero-order valence-electron chi connectivity index (χ0n) is 9.47. The number of hydrogen-bond acceptors (Lipinski definition) is 4. The minimum absolute atomic E-state index is 0.468. The first-order chi connectivity index (χ1) is 7.59. The average molecular weight is 222 g/mol. The van der Waals surface area contributed by atoms with Gasteiger partial charge in [0.25, 0.3) is 0 Å². The van der Waals surface area contributed by atoms with Gasteiger partial charge in [-0.2, -0.15) is 0 Å². The van der Waals surface area contributed by atoms with Gasteiger partial charge in [-0.25, -0.2) is 0 Å². The van der Waals surface area contributed by atoms with Gasteiger partial charge in [0, 0.05) is 31.4 Å². The molecule has 1 amide bonds. The minimum atomic E-state index is -0.603. The summed E-state index contributed by atoms with van der Waals surface area (Å²) in [6.45, 7) is 1.28. The van der Waals surface area contributed by atoms with Crippen LogP contribution in [0.4, 0.5) is 0 Å². The molecule has 0 saturated heterocycles. The molecular formula is C11H18N4O. The van der Waals surface area contributed by atoms with E-state index in [1.54, 1.807) is 6.20 Å². The van der Waals surface area contributed by atoms with E-state index in [-0.39, 0.29) is 0 Å². The maximum atomic E-state index is 10.8. The highest BCUT2D eigenvalue weighted by Crippen LogP contribution is 1.96. The summed E-state index contributed by atoms with van der Waals surface area (Å²) in [5.74, 6) is -0.468. The number of hydrogen-bond donors (Lipinski definition) is 2. The number of carbonyl (C=O) groups is 1. The van der Waals surface area contributed by atoms with E-state index in [2.05, 4.69) is 4.98 Å². The maximum absolute atomic E-state index is 10.8. The van der Waals surface area contributed by atoms with Crippen molar-refractivity contribution in [2.24, 2.45) is 11.5 Å². The molecule has 0 aromatic carbocycles. The Balaban J connectivity index is 2.30. The quantitative estimate of drug-likeness (QED) is 0.671. The van der Waals surface area contributed by atoms with Crippen LogP contribution in [0.1, 0.15) is 5.69 Å². The molecule has 88 valence electrons. The first-order valence-electron chi connectivity index (χ1n) is 5.23. The number of amides is 1. The number of likely N-dealkylation sites (N-methyl/N-ethyl adjacent to an activating group) is 1. The van der Waals surface area contributed by atoms with Crippen molar-refractivity contribution in [3.63, 3.8) is 0 Å². The molecule has 1 unspecified atom stereocenters. The van der Waals surface area contributed by atoms with Gasteiger partial charge in [-0.3, -0.25) is 9.78 Å². The fourth-order valence-corrected chi connectivity index (χ4v) is 1.37. The Morgan fingerprint density at radius 3 is 2.88 bits per heavy atom. The molecule has 1 aromatic heterocycles. The van der Waals surface area contributed by atoms with Gasteiger partial charge < -0.3 is 16.4 Å². The summed E-state index contributed by atoms with van der Waals surface area (Å²) in [6.07, 6.45) is 2.60. The normalized spacial score (nSPS) is 12.7. The summed E-state index contributed by atoms with van der Waals surface area (Å²) < 4.78 is 0. The zero-order chi connectivity index (χ0) is 12.0. The van der Waals surface area contributed by atoms with Crippen molar-refractivity contribution in [3.8, 4) is 0 Å². The summed E-state index contributed by atoms with van der Waals surface area (Å²) in [7, 11) is 1.91. The minimum Gasteiger partial charge on any atom is -0.368 e. The molecule has 0 aliphatic rings. The number of nitrogens with zero attached hydrogens (tertiary/aromatic N) is 2. The van der Waals surface area contributed by atoms with E-state index >= 15 is 0 Å². The third-order valence-corrected chi connectivity index (χ3v) is 2.35. The van der Waals surface area contributed by atoms with Crippen molar-refractivity contribution >= 4 is 5.91 Å². The van der Waals surface area contributed by atoms with E-state index in [0.29, 0.717) is 6.54 Å². The number of aromatic nitrogens is 1. The lowest BCUT2D eigenvalue weighted by molar-refractivity contribution is -0.119. The highest BCUT2D eigenvalue weighted by molar-refractivity contribution is 5.79. The van der Waals surface area contributed by atoms with Crippen molar-refractivity contribution in [2.75, 3.05) is 20.1 Å². The molecule has 0 aliphatic heterocycles. The molecule has 16 heavy (non-hydrogen) atoms. The topological polar surface area (TPSA) is 85.2 Å². The smallest absolute Gasteiger partial charge is 0.235 e. The molecular weight excluding hydrogens is 204 g/mol. The number of rotatable bonds is 6. The van der Waals surface area contributed by atoms with E-state index < -0.39 is 11.9 Å². The Labute approximate surface area is 95.4 Å². The zero-order valence-corrected chi connectivity index (χ0v) is 9.47. The van der Waals surface area contributed by atoms with Crippen LogP contribution in [-0.4, -0.2) is 42.0 Å². The summed E-state index contributed by atoms with van der Waals surface area (Å²) in [5, 5.41) is 0. The number of carbonyl (C=O) groups excluding carboxylic acids is 1. The van der Waals surface area contributed by atoms with Gasteiger partial charge >= 0.3 is 0 Å². The lowest BCUT2D eigenvalue weighted by atomic mass is 10.2. The Hall–Kier alpha value is -1.46. The van der Waals surface area contributed by atoms with Gasteiger partial charge in [0.1, 0.15) is 0 Å². The van der Waals surface area contributed by atoms with E-state index in [1.165, 1.54) is 0 Å². The summed E-state index contributed by atoms with van der Waals surface area (Å²) >= 11 is 0. The second-order valence-electron chi connectivity index (χ2n) is 3.84. The lowest BCUT2D eigenvalue weighted by Gasteiger charge is -2.18. The van der Waals surface area contributed by atoms with Crippen LogP contribution < -0.4 is 11.5 Å². The summed E-state index contributed by atoms with van der Waals surface area (Å²) in [4.78, 5) is 17.0.